The predicted molar refractivity (Wildman–Crippen MR) is 81.7 cm³/mol. The molecule has 0 bridgehead atoms. The first kappa shape index (κ1) is 14.7. The highest BCUT2D eigenvalue weighted by Gasteiger charge is 2.09. The lowest BCUT2D eigenvalue weighted by Crippen LogP contribution is -2.14. The topological polar surface area (TPSA) is 20.2 Å². The largest absolute Gasteiger partial charge is 0.392 e. The summed E-state index contributed by atoms with van der Waals surface area (Å²) in [6.07, 6.45) is 0.458. The van der Waals surface area contributed by atoms with Crippen molar-refractivity contribution in [2.45, 2.75) is 18.9 Å². The zero-order valence-electron chi connectivity index (χ0n) is 10.1. The Morgan fingerprint density at radius 2 is 1.63 bits per heavy atom. The minimum Gasteiger partial charge on any atom is -0.392 e. The van der Waals surface area contributed by atoms with Gasteiger partial charge in [0.1, 0.15) is 5.82 Å². The fourth-order valence-corrected chi connectivity index (χ4v) is 2.97. The minimum atomic E-state index is -0.525. The average Bonchev–Trinajstić information content (AvgIpc) is 2.26. The van der Waals surface area contributed by atoms with E-state index < -0.39 is 6.10 Å². The molecule has 0 spiro atoms. The first-order valence-electron chi connectivity index (χ1n) is 5.90. The van der Waals surface area contributed by atoms with Crippen LogP contribution in [0.1, 0.15) is 11.1 Å². The van der Waals surface area contributed by atoms with Crippen LogP contribution < -0.4 is 0 Å². The molecule has 1 nitrogen and oxygen atoms in total. The minimum absolute atomic E-state index is 0.293. The van der Waals surface area contributed by atoms with Crippen molar-refractivity contribution in [3.63, 3.8) is 0 Å². The van der Waals surface area contributed by atoms with Crippen molar-refractivity contribution < 1.29 is 9.50 Å². The quantitative estimate of drug-likeness (QED) is 0.818. The third kappa shape index (κ3) is 4.71. The molecule has 0 heterocycles. The normalized spacial score (nSPS) is 12.4. The lowest BCUT2D eigenvalue weighted by Gasteiger charge is -2.11. The summed E-state index contributed by atoms with van der Waals surface area (Å²) in [6.45, 7) is 0. The highest BCUT2D eigenvalue weighted by molar-refractivity contribution is 9.10. The zero-order valence-corrected chi connectivity index (χ0v) is 13.3. The van der Waals surface area contributed by atoms with E-state index in [1.165, 1.54) is 12.1 Å². The number of halogens is 3. The van der Waals surface area contributed by atoms with Crippen molar-refractivity contribution in [1.82, 2.24) is 0 Å². The Bertz CT molecular complexity index is 552. The van der Waals surface area contributed by atoms with Crippen LogP contribution >= 0.6 is 31.9 Å². The molecule has 2 aromatic rings. The molecule has 100 valence electrons. The van der Waals surface area contributed by atoms with E-state index in [1.807, 2.05) is 30.3 Å². The molecular weight excluding hydrogens is 375 g/mol. The maximum Gasteiger partial charge on any atom is 0.124 e. The van der Waals surface area contributed by atoms with Crippen molar-refractivity contribution >= 4 is 31.9 Å². The first-order chi connectivity index (χ1) is 9.02. The van der Waals surface area contributed by atoms with Crippen molar-refractivity contribution in [2.75, 3.05) is 0 Å². The molecule has 0 aliphatic rings. The maximum atomic E-state index is 13.2. The van der Waals surface area contributed by atoms with Gasteiger partial charge >= 0.3 is 0 Å². The second-order valence-corrected chi connectivity index (χ2v) is 6.30. The van der Waals surface area contributed by atoms with Crippen LogP contribution in [-0.2, 0) is 12.8 Å². The van der Waals surface area contributed by atoms with E-state index in [-0.39, 0.29) is 5.82 Å². The lowest BCUT2D eigenvalue weighted by atomic mass is 10.0. The van der Waals surface area contributed by atoms with E-state index in [0.29, 0.717) is 17.3 Å². The summed E-state index contributed by atoms with van der Waals surface area (Å²) < 4.78 is 14.9. The lowest BCUT2D eigenvalue weighted by molar-refractivity contribution is 0.175. The summed E-state index contributed by atoms with van der Waals surface area (Å²) in [5.41, 5.74) is 1.84. The number of aliphatic hydroxyl groups is 1. The molecule has 0 aliphatic carbocycles. The van der Waals surface area contributed by atoms with Crippen molar-refractivity contribution in [1.29, 1.82) is 0 Å². The van der Waals surface area contributed by atoms with Gasteiger partial charge in [-0.15, -0.1) is 0 Å². The summed E-state index contributed by atoms with van der Waals surface area (Å²) in [4.78, 5) is 0. The van der Waals surface area contributed by atoms with Crippen LogP contribution in [0.5, 0.6) is 0 Å². The van der Waals surface area contributed by atoms with Gasteiger partial charge in [-0.25, -0.2) is 4.39 Å². The molecule has 0 amide bonds. The van der Waals surface area contributed by atoms with Gasteiger partial charge in [0.15, 0.2) is 0 Å². The second-order valence-electron chi connectivity index (χ2n) is 4.47. The van der Waals surface area contributed by atoms with Gasteiger partial charge in [-0.1, -0.05) is 44.0 Å². The SMILES string of the molecule is OC(Cc1cccc(Br)c1)Cc1cc(F)cc(Br)c1. The molecule has 19 heavy (non-hydrogen) atoms. The maximum absolute atomic E-state index is 13.2. The zero-order chi connectivity index (χ0) is 13.8. The Balaban J connectivity index is 2.03. The van der Waals surface area contributed by atoms with Crippen LogP contribution in [0, 0.1) is 5.82 Å². The van der Waals surface area contributed by atoms with Gasteiger partial charge in [-0.2, -0.15) is 0 Å². The molecule has 1 N–H and O–H groups in total. The van der Waals surface area contributed by atoms with E-state index in [1.54, 1.807) is 0 Å². The van der Waals surface area contributed by atoms with Crippen LogP contribution in [0.3, 0.4) is 0 Å². The Kier molecular flexibility index (Phi) is 5.13. The van der Waals surface area contributed by atoms with E-state index in [9.17, 15) is 9.50 Å². The number of hydrogen-bond acceptors (Lipinski definition) is 1. The molecule has 0 aromatic heterocycles. The predicted octanol–water partition coefficient (Wildman–Crippen LogP) is 4.50. The molecule has 0 radical (unpaired) electrons. The summed E-state index contributed by atoms with van der Waals surface area (Å²) in [7, 11) is 0. The molecule has 0 aliphatic heterocycles. The fourth-order valence-electron chi connectivity index (χ4n) is 2.01. The molecule has 0 fully saturated rings. The third-order valence-electron chi connectivity index (χ3n) is 2.75. The van der Waals surface area contributed by atoms with Gasteiger partial charge in [0.05, 0.1) is 6.10 Å². The van der Waals surface area contributed by atoms with Crippen LogP contribution in [0.15, 0.2) is 51.4 Å². The summed E-state index contributed by atoms with van der Waals surface area (Å²) in [5.74, 6) is -0.293. The Morgan fingerprint density at radius 1 is 0.947 bits per heavy atom. The second kappa shape index (κ2) is 6.64. The Labute approximate surface area is 128 Å². The number of benzene rings is 2. The van der Waals surface area contributed by atoms with Gasteiger partial charge in [0.2, 0.25) is 0 Å². The number of rotatable bonds is 4. The molecule has 2 rings (SSSR count). The molecule has 1 unspecified atom stereocenters. The summed E-state index contributed by atoms with van der Waals surface area (Å²) in [5, 5.41) is 10.1. The van der Waals surface area contributed by atoms with Gasteiger partial charge in [-0.3, -0.25) is 0 Å². The summed E-state index contributed by atoms with van der Waals surface area (Å²) >= 11 is 6.65. The van der Waals surface area contributed by atoms with E-state index in [4.69, 9.17) is 0 Å². The molecule has 0 saturated heterocycles. The van der Waals surface area contributed by atoms with Gasteiger partial charge in [0, 0.05) is 8.95 Å². The molecule has 4 heteroatoms. The summed E-state index contributed by atoms with van der Waals surface area (Å²) in [6, 6.07) is 12.5. The van der Waals surface area contributed by atoms with Gasteiger partial charge < -0.3 is 5.11 Å². The van der Waals surface area contributed by atoms with Crippen molar-refractivity contribution in [2.24, 2.45) is 0 Å². The van der Waals surface area contributed by atoms with Gasteiger partial charge in [0.25, 0.3) is 0 Å². The van der Waals surface area contributed by atoms with Gasteiger partial charge in [-0.05, 0) is 54.3 Å². The molecular formula is C15H13Br2FO. The molecule has 1 atom stereocenters. The highest BCUT2D eigenvalue weighted by Crippen LogP contribution is 2.18. The van der Waals surface area contributed by atoms with Crippen LogP contribution in [-0.4, -0.2) is 11.2 Å². The fraction of sp³-hybridized carbons (Fsp3) is 0.200. The molecule has 2 aromatic carbocycles. The van der Waals surface area contributed by atoms with E-state index >= 15 is 0 Å². The smallest absolute Gasteiger partial charge is 0.124 e. The number of hydrogen-bond donors (Lipinski definition) is 1. The van der Waals surface area contributed by atoms with E-state index in [0.717, 1.165) is 15.6 Å². The Hall–Kier alpha value is -0.710. The molecule has 0 saturated carbocycles. The van der Waals surface area contributed by atoms with Crippen molar-refractivity contribution in [3.8, 4) is 0 Å². The standard InChI is InChI=1S/C15H13Br2FO/c16-12-3-1-2-10(4-12)7-15(19)8-11-5-13(17)9-14(18)6-11/h1-6,9,15,19H,7-8H2. The first-order valence-corrected chi connectivity index (χ1v) is 7.49. The average molecular weight is 388 g/mol. The highest BCUT2D eigenvalue weighted by atomic mass is 79.9. The number of aliphatic hydroxyl groups excluding tert-OH is 1. The van der Waals surface area contributed by atoms with Crippen LogP contribution in [0.4, 0.5) is 4.39 Å². The third-order valence-corrected chi connectivity index (χ3v) is 3.71. The Morgan fingerprint density at radius 3 is 2.32 bits per heavy atom. The van der Waals surface area contributed by atoms with E-state index in [2.05, 4.69) is 31.9 Å². The monoisotopic (exact) mass is 386 g/mol. The van der Waals surface area contributed by atoms with Crippen molar-refractivity contribution in [3.05, 3.63) is 68.4 Å². The van der Waals surface area contributed by atoms with Crippen LogP contribution in [0.2, 0.25) is 0 Å². The van der Waals surface area contributed by atoms with Crippen LogP contribution in [0.25, 0.3) is 0 Å².